The summed E-state index contributed by atoms with van der Waals surface area (Å²) in [6.45, 7) is 11.0. The number of carbonyl (C=O) groups excluding carboxylic acids is 1. The van der Waals surface area contributed by atoms with Crippen LogP contribution in [0.4, 0.5) is 0 Å². The first-order valence-corrected chi connectivity index (χ1v) is 10.4. The van der Waals surface area contributed by atoms with E-state index >= 15 is 0 Å². The molecule has 24 heavy (non-hydrogen) atoms. The van der Waals surface area contributed by atoms with Gasteiger partial charge in [0.15, 0.2) is 0 Å². The molecule has 2 rings (SSSR count). The highest BCUT2D eigenvalue weighted by Crippen LogP contribution is 2.46. The zero-order chi connectivity index (χ0) is 18.1. The van der Waals surface area contributed by atoms with Crippen molar-refractivity contribution in [2.24, 2.45) is 11.1 Å². The molecule has 1 atom stereocenters. The number of primary amides is 1. The third kappa shape index (κ3) is 5.11. The Kier molecular flexibility index (Phi) is 6.21. The molecule has 0 radical (unpaired) electrons. The van der Waals surface area contributed by atoms with Gasteiger partial charge in [-0.3, -0.25) is 4.79 Å². The molecule has 2 nitrogen and oxygen atoms in total. The van der Waals surface area contributed by atoms with Crippen molar-refractivity contribution < 1.29 is 4.79 Å². The molecule has 0 aliphatic rings. The van der Waals surface area contributed by atoms with Crippen LogP contribution in [-0.4, -0.2) is 5.91 Å². The molecule has 1 aromatic carbocycles. The quantitative estimate of drug-likeness (QED) is 0.555. The molecule has 1 amide bonds. The highest BCUT2D eigenvalue weighted by Gasteiger charge is 2.24. The van der Waals surface area contributed by atoms with Crippen LogP contribution in [0.2, 0.25) is 0 Å². The maximum Gasteiger partial charge on any atom is 0.258 e. The molecule has 0 aliphatic carbocycles. The summed E-state index contributed by atoms with van der Waals surface area (Å²) in [7, 11) is 0. The molecule has 1 heterocycles. The second-order valence-electron chi connectivity index (χ2n) is 7.31. The Balaban J connectivity index is 2.34. The number of thioether (sulfide) groups is 1. The van der Waals surface area contributed by atoms with Crippen LogP contribution in [-0.2, 0) is 0 Å². The summed E-state index contributed by atoms with van der Waals surface area (Å²) in [6.07, 6.45) is 1.03. The maximum absolute atomic E-state index is 11.4. The van der Waals surface area contributed by atoms with E-state index in [9.17, 15) is 4.79 Å². The molecule has 1 aromatic heterocycles. The number of nitrogens with two attached hydrogens (primary N) is 1. The van der Waals surface area contributed by atoms with Gasteiger partial charge in [0.2, 0.25) is 0 Å². The fourth-order valence-electron chi connectivity index (χ4n) is 2.55. The van der Waals surface area contributed by atoms with E-state index in [0.717, 1.165) is 6.42 Å². The van der Waals surface area contributed by atoms with Gasteiger partial charge < -0.3 is 5.73 Å². The van der Waals surface area contributed by atoms with E-state index < -0.39 is 0 Å². The van der Waals surface area contributed by atoms with Crippen molar-refractivity contribution in [2.75, 3.05) is 0 Å². The summed E-state index contributed by atoms with van der Waals surface area (Å²) in [6, 6.07) is 8.34. The monoisotopic (exact) mass is 425 g/mol. The molecule has 0 spiro atoms. The first kappa shape index (κ1) is 19.5. The normalized spacial score (nSPS) is 13.1. The standard InChI is InChI=1S/C19H24BrNOS2/c1-11-8-13(9-12(2)17(11)20)23-16(10-19(3,4)5)14-6-7-15(24-14)18(21)22/h6-9,16H,10H2,1-5H3,(H2,21,22). The summed E-state index contributed by atoms with van der Waals surface area (Å²) in [5.41, 5.74) is 8.12. The van der Waals surface area contributed by atoms with E-state index in [1.165, 1.54) is 36.7 Å². The molecule has 0 fully saturated rings. The van der Waals surface area contributed by atoms with E-state index in [2.05, 4.69) is 62.7 Å². The van der Waals surface area contributed by atoms with Crippen molar-refractivity contribution in [3.63, 3.8) is 0 Å². The highest BCUT2D eigenvalue weighted by atomic mass is 79.9. The van der Waals surface area contributed by atoms with E-state index in [0.29, 0.717) is 10.1 Å². The van der Waals surface area contributed by atoms with E-state index in [4.69, 9.17) is 5.73 Å². The second kappa shape index (κ2) is 7.63. The van der Waals surface area contributed by atoms with Crippen LogP contribution in [0.5, 0.6) is 0 Å². The molecule has 1 unspecified atom stereocenters. The van der Waals surface area contributed by atoms with Gasteiger partial charge in [0.05, 0.1) is 4.88 Å². The van der Waals surface area contributed by atoms with Crippen LogP contribution < -0.4 is 5.73 Å². The zero-order valence-electron chi connectivity index (χ0n) is 14.8. The van der Waals surface area contributed by atoms with Crippen molar-refractivity contribution in [3.05, 3.63) is 49.6 Å². The smallest absolute Gasteiger partial charge is 0.258 e. The third-order valence-corrected chi connectivity index (χ3v) is 7.50. The largest absolute Gasteiger partial charge is 0.365 e. The summed E-state index contributed by atoms with van der Waals surface area (Å²) in [5.74, 6) is -0.346. The lowest BCUT2D eigenvalue weighted by molar-refractivity contribution is 0.100. The minimum Gasteiger partial charge on any atom is -0.365 e. The topological polar surface area (TPSA) is 43.1 Å². The lowest BCUT2D eigenvalue weighted by Crippen LogP contribution is -2.10. The number of benzene rings is 1. The minimum absolute atomic E-state index is 0.202. The first-order valence-electron chi connectivity index (χ1n) is 7.90. The molecule has 2 aromatic rings. The number of amides is 1. The average Bonchev–Trinajstić information content (AvgIpc) is 2.92. The van der Waals surface area contributed by atoms with Gasteiger partial charge in [0.25, 0.3) is 5.91 Å². The van der Waals surface area contributed by atoms with Crippen molar-refractivity contribution in [3.8, 4) is 0 Å². The molecule has 130 valence electrons. The number of halogens is 1. The minimum atomic E-state index is -0.346. The number of thiophene rings is 1. The first-order chi connectivity index (χ1) is 11.1. The van der Waals surface area contributed by atoms with Crippen LogP contribution >= 0.6 is 39.0 Å². The van der Waals surface area contributed by atoms with Crippen LogP contribution in [0.1, 0.15) is 58.1 Å². The number of rotatable bonds is 5. The van der Waals surface area contributed by atoms with E-state index in [-0.39, 0.29) is 11.3 Å². The maximum atomic E-state index is 11.4. The molecular formula is C19H24BrNOS2. The number of hydrogen-bond donors (Lipinski definition) is 1. The zero-order valence-corrected chi connectivity index (χ0v) is 18.0. The van der Waals surface area contributed by atoms with Gasteiger partial charge in [-0.25, -0.2) is 0 Å². The highest BCUT2D eigenvalue weighted by molar-refractivity contribution is 9.10. The van der Waals surface area contributed by atoms with E-state index in [1.807, 2.05) is 23.9 Å². The summed E-state index contributed by atoms with van der Waals surface area (Å²) >= 11 is 7.02. The van der Waals surface area contributed by atoms with Crippen LogP contribution in [0, 0.1) is 19.3 Å². The van der Waals surface area contributed by atoms with Crippen molar-refractivity contribution in [1.29, 1.82) is 0 Å². The van der Waals surface area contributed by atoms with Gasteiger partial charge in [-0.1, -0.05) is 36.7 Å². The Bertz CT molecular complexity index is 723. The van der Waals surface area contributed by atoms with Gasteiger partial charge in [0.1, 0.15) is 0 Å². The molecule has 0 saturated heterocycles. The van der Waals surface area contributed by atoms with Crippen LogP contribution in [0.3, 0.4) is 0 Å². The summed E-state index contributed by atoms with van der Waals surface area (Å²) in [4.78, 5) is 14.5. The molecule has 5 heteroatoms. The third-order valence-electron chi connectivity index (χ3n) is 3.67. The Morgan fingerprint density at radius 3 is 2.29 bits per heavy atom. The fraction of sp³-hybridized carbons (Fsp3) is 0.421. The number of aryl methyl sites for hydroxylation is 2. The van der Waals surface area contributed by atoms with Crippen LogP contribution in [0.15, 0.2) is 33.6 Å². The molecule has 0 bridgehead atoms. The predicted molar refractivity (Wildman–Crippen MR) is 109 cm³/mol. The van der Waals surface area contributed by atoms with Gasteiger partial charge in [-0.2, -0.15) is 0 Å². The lowest BCUT2D eigenvalue weighted by Gasteiger charge is -2.25. The average molecular weight is 426 g/mol. The Morgan fingerprint density at radius 2 is 1.83 bits per heavy atom. The molecule has 0 saturated carbocycles. The van der Waals surface area contributed by atoms with Gasteiger partial charge in [-0.15, -0.1) is 23.1 Å². The molecule has 2 N–H and O–H groups in total. The van der Waals surface area contributed by atoms with E-state index in [1.54, 1.807) is 0 Å². The summed E-state index contributed by atoms with van der Waals surface area (Å²) in [5, 5.41) is 0.308. The lowest BCUT2D eigenvalue weighted by atomic mass is 9.90. The molecular weight excluding hydrogens is 402 g/mol. The number of hydrogen-bond acceptors (Lipinski definition) is 3. The SMILES string of the molecule is Cc1cc(SC(CC(C)(C)C)c2ccc(C(N)=O)s2)cc(C)c1Br. The van der Waals surface area contributed by atoms with Gasteiger partial charge in [0, 0.05) is 19.5 Å². The fourth-order valence-corrected chi connectivity index (χ4v) is 5.51. The van der Waals surface area contributed by atoms with Crippen molar-refractivity contribution >= 4 is 44.9 Å². The molecule has 0 aliphatic heterocycles. The Hall–Kier alpha value is -0.780. The number of carbonyl (C=O) groups is 1. The second-order valence-corrected chi connectivity index (χ2v) is 10.5. The van der Waals surface area contributed by atoms with Gasteiger partial charge in [-0.05, 0) is 61.1 Å². The van der Waals surface area contributed by atoms with Crippen molar-refractivity contribution in [1.82, 2.24) is 0 Å². The van der Waals surface area contributed by atoms with Crippen LogP contribution in [0.25, 0.3) is 0 Å². The predicted octanol–water partition coefficient (Wildman–Crippen LogP) is 6.50. The Morgan fingerprint density at radius 1 is 1.25 bits per heavy atom. The summed E-state index contributed by atoms with van der Waals surface area (Å²) < 4.78 is 1.17. The van der Waals surface area contributed by atoms with Gasteiger partial charge >= 0.3 is 0 Å². The Labute approximate surface area is 161 Å². The van der Waals surface area contributed by atoms with Crippen molar-refractivity contribution in [2.45, 2.75) is 51.2 Å².